The summed E-state index contributed by atoms with van der Waals surface area (Å²) in [6.07, 6.45) is 0.708. The number of aryl methyl sites for hydroxylation is 1. The van der Waals surface area contributed by atoms with Crippen molar-refractivity contribution in [2.24, 2.45) is 0 Å². The zero-order valence-corrected chi connectivity index (χ0v) is 13.9. The average molecular weight is 346 g/mol. The Kier molecular flexibility index (Phi) is 7.96. The molecule has 3 rings (SSSR count). The van der Waals surface area contributed by atoms with Gasteiger partial charge in [0, 0.05) is 22.6 Å². The fraction of sp³-hybridized carbons (Fsp3) is 0.100. The first-order valence-corrected chi connectivity index (χ1v) is 7.17. The number of Topliss-reactive ketones (excluding diaryl/α,β-unsaturated/α-hetero) is 1. The van der Waals surface area contributed by atoms with E-state index >= 15 is 0 Å². The molecule has 0 aliphatic carbocycles. The van der Waals surface area contributed by atoms with Crippen LogP contribution in [-0.2, 0) is 21.9 Å². The van der Waals surface area contributed by atoms with E-state index < -0.39 is 5.92 Å². The molecule has 3 aromatic rings. The number of hydrogen-bond acceptors (Lipinski definition) is 2. The Morgan fingerprint density at radius 2 is 1.61 bits per heavy atom. The predicted octanol–water partition coefficient (Wildman–Crippen LogP) is 4.28. The third kappa shape index (κ3) is 5.48. The first-order chi connectivity index (χ1) is 10.7. The summed E-state index contributed by atoms with van der Waals surface area (Å²) in [7, 11) is 0. The van der Waals surface area contributed by atoms with Crippen molar-refractivity contribution in [3.8, 4) is 0 Å². The van der Waals surface area contributed by atoms with Crippen molar-refractivity contribution in [2.75, 3.05) is 0 Å². The minimum atomic E-state index is -0.688. The molecule has 0 bridgehead atoms. The van der Waals surface area contributed by atoms with Crippen molar-refractivity contribution in [3.63, 3.8) is 0 Å². The maximum absolute atomic E-state index is 12.2. The van der Waals surface area contributed by atoms with Gasteiger partial charge in [-0.2, -0.15) is 12.1 Å². The molecule has 0 N–H and O–H groups in total. The van der Waals surface area contributed by atoms with E-state index in [0.717, 1.165) is 11.1 Å². The van der Waals surface area contributed by atoms with Crippen molar-refractivity contribution in [2.45, 2.75) is 12.8 Å². The summed E-state index contributed by atoms with van der Waals surface area (Å²) in [5, 5.41) is 0. The second-order valence-corrected chi connectivity index (χ2v) is 5.03. The second-order valence-electron chi connectivity index (χ2n) is 5.03. The van der Waals surface area contributed by atoms with Crippen LogP contribution in [0.4, 0.5) is 0 Å². The van der Waals surface area contributed by atoms with Gasteiger partial charge >= 0.3 is 0 Å². The van der Waals surface area contributed by atoms with Gasteiger partial charge in [0.15, 0.2) is 5.78 Å². The van der Waals surface area contributed by atoms with E-state index in [4.69, 9.17) is 0 Å². The molecule has 124 valence electrons. The van der Waals surface area contributed by atoms with Crippen LogP contribution < -0.4 is 0 Å². The number of rotatable bonds is 4. The van der Waals surface area contributed by atoms with Gasteiger partial charge in [0.05, 0.1) is 5.92 Å². The molecular weight excluding hydrogens is 328 g/mol. The Hall–Kier alpha value is -2.22. The van der Waals surface area contributed by atoms with Crippen LogP contribution in [0.25, 0.3) is 0 Å². The quantitative estimate of drug-likeness (QED) is 0.232. The Morgan fingerprint density at radius 1 is 1.04 bits per heavy atom. The topological polar surface area (TPSA) is 34.1 Å². The maximum atomic E-state index is 12.2. The van der Waals surface area contributed by atoms with E-state index in [2.05, 4.69) is 0 Å². The Labute approximate surface area is 147 Å². The summed E-state index contributed by atoms with van der Waals surface area (Å²) in [5.74, 6) is -0.832. The van der Waals surface area contributed by atoms with Gasteiger partial charge in [-0.3, -0.25) is 4.79 Å². The molecule has 0 amide bonds. The van der Waals surface area contributed by atoms with Gasteiger partial charge in [-0.15, -0.1) is 5.56 Å². The van der Waals surface area contributed by atoms with Crippen molar-refractivity contribution in [1.29, 1.82) is 0 Å². The molecule has 0 aromatic heterocycles. The standard InChI is InChI=1S/C15H13O2.C5H5.Fe/c1-11-5-4-8-13(9-11)15(17)14(10-16)12-6-2-3-7-12;1-2-4-5-3-1;/h2-10,14H,1H3;1-5H;/q-1;-5;. The van der Waals surface area contributed by atoms with Gasteiger partial charge in [0.2, 0.25) is 0 Å². The molecule has 3 heteroatoms. The number of hydrogen-bond donors (Lipinski definition) is 0. The predicted molar refractivity (Wildman–Crippen MR) is 88.4 cm³/mol. The van der Waals surface area contributed by atoms with E-state index in [1.807, 2.05) is 67.6 Å². The van der Waals surface area contributed by atoms with Crippen molar-refractivity contribution >= 4 is 12.1 Å². The molecule has 0 fully saturated rings. The smallest absolute Gasteiger partial charge is 0.165 e. The Balaban J connectivity index is 0.000000377. The zero-order valence-electron chi connectivity index (χ0n) is 12.8. The SMILES string of the molecule is Cc1cccc(C(=O)C(C=O)[c-]2cccc2)c1.[Fe].[cH-]1[cH-][cH-][cH-][cH-]1. The average Bonchev–Trinajstić information content (AvgIpc) is 3.24. The summed E-state index contributed by atoms with van der Waals surface area (Å²) in [6.45, 7) is 1.93. The molecule has 2 nitrogen and oxygen atoms in total. The van der Waals surface area contributed by atoms with Gasteiger partial charge in [-0.25, -0.2) is 12.1 Å². The number of benzene rings is 1. The van der Waals surface area contributed by atoms with E-state index in [0.29, 0.717) is 11.8 Å². The van der Waals surface area contributed by atoms with Crippen LogP contribution in [0.5, 0.6) is 0 Å². The molecule has 1 unspecified atom stereocenters. The third-order valence-electron chi connectivity index (χ3n) is 3.32. The Bertz CT molecular complexity index is 680. The molecule has 3 aromatic carbocycles. The largest absolute Gasteiger partial charge is 0.748 e. The van der Waals surface area contributed by atoms with Crippen molar-refractivity contribution in [1.82, 2.24) is 0 Å². The summed E-state index contributed by atoms with van der Waals surface area (Å²) in [6, 6.07) is 24.6. The molecule has 0 aliphatic rings. The molecular formula is C20H18FeO2-6. The van der Waals surface area contributed by atoms with Crippen LogP contribution >= 0.6 is 0 Å². The maximum Gasteiger partial charge on any atom is 0.165 e. The number of carbonyl (C=O) groups is 2. The molecule has 0 spiro atoms. The summed E-state index contributed by atoms with van der Waals surface area (Å²) in [5.41, 5.74) is 2.36. The van der Waals surface area contributed by atoms with Crippen molar-refractivity contribution in [3.05, 3.63) is 95.6 Å². The van der Waals surface area contributed by atoms with E-state index in [1.165, 1.54) is 0 Å². The Morgan fingerprint density at radius 3 is 2.09 bits per heavy atom. The summed E-state index contributed by atoms with van der Waals surface area (Å²) < 4.78 is 0. The first kappa shape index (κ1) is 18.8. The van der Waals surface area contributed by atoms with Gasteiger partial charge in [0.25, 0.3) is 0 Å². The summed E-state index contributed by atoms with van der Waals surface area (Å²) >= 11 is 0. The van der Waals surface area contributed by atoms with E-state index in [1.54, 1.807) is 18.2 Å². The zero-order chi connectivity index (χ0) is 15.8. The summed E-state index contributed by atoms with van der Waals surface area (Å²) in [4.78, 5) is 23.3. The fourth-order valence-corrected chi connectivity index (χ4v) is 2.19. The molecule has 23 heavy (non-hydrogen) atoms. The normalized spacial score (nSPS) is 10.7. The van der Waals surface area contributed by atoms with Gasteiger partial charge in [-0.1, -0.05) is 23.8 Å². The third-order valence-corrected chi connectivity index (χ3v) is 3.32. The minimum absolute atomic E-state index is 0. The fourth-order valence-electron chi connectivity index (χ4n) is 2.19. The van der Waals surface area contributed by atoms with Crippen LogP contribution in [0.2, 0.25) is 0 Å². The van der Waals surface area contributed by atoms with Gasteiger partial charge in [0.1, 0.15) is 6.29 Å². The molecule has 0 heterocycles. The van der Waals surface area contributed by atoms with Crippen LogP contribution in [0.3, 0.4) is 0 Å². The molecule has 0 radical (unpaired) electrons. The second kappa shape index (κ2) is 9.73. The van der Waals surface area contributed by atoms with Gasteiger partial charge in [-0.05, 0) is 13.0 Å². The van der Waals surface area contributed by atoms with Crippen LogP contribution in [0.1, 0.15) is 27.4 Å². The van der Waals surface area contributed by atoms with Crippen LogP contribution in [0, 0.1) is 6.92 Å². The number of ketones is 1. The van der Waals surface area contributed by atoms with Gasteiger partial charge < -0.3 is 35.1 Å². The molecule has 1 atom stereocenters. The van der Waals surface area contributed by atoms with E-state index in [-0.39, 0.29) is 22.9 Å². The van der Waals surface area contributed by atoms with Crippen molar-refractivity contribution < 1.29 is 26.7 Å². The molecule has 0 aliphatic heterocycles. The molecule has 0 saturated heterocycles. The number of carbonyl (C=O) groups excluding carboxylic acids is 2. The monoisotopic (exact) mass is 346 g/mol. The van der Waals surface area contributed by atoms with Crippen LogP contribution in [0.15, 0.2) is 78.9 Å². The first-order valence-electron chi connectivity index (χ1n) is 7.17. The van der Waals surface area contributed by atoms with E-state index in [9.17, 15) is 9.59 Å². The molecule has 0 saturated carbocycles. The van der Waals surface area contributed by atoms with Crippen LogP contribution in [-0.4, -0.2) is 12.1 Å². The number of aldehydes is 1. The minimum Gasteiger partial charge on any atom is -0.748 e.